The maximum absolute atomic E-state index is 12.5. The van der Waals surface area contributed by atoms with Crippen molar-refractivity contribution in [1.82, 2.24) is 14.3 Å². The van der Waals surface area contributed by atoms with E-state index in [9.17, 15) is 9.59 Å². The summed E-state index contributed by atoms with van der Waals surface area (Å²) in [5.74, 6) is 0. The van der Waals surface area contributed by atoms with Gasteiger partial charge in [-0.25, -0.2) is 4.79 Å². The first-order chi connectivity index (χ1) is 12.5. The molecule has 130 valence electrons. The third-order valence-electron chi connectivity index (χ3n) is 3.84. The van der Waals surface area contributed by atoms with Crippen LogP contribution in [0.3, 0.4) is 0 Å². The van der Waals surface area contributed by atoms with Crippen LogP contribution in [0.25, 0.3) is 16.8 Å². The van der Waals surface area contributed by atoms with Gasteiger partial charge in [-0.3, -0.25) is 9.36 Å². The molecule has 0 saturated heterocycles. The van der Waals surface area contributed by atoms with E-state index in [-0.39, 0.29) is 12.2 Å². The predicted molar refractivity (Wildman–Crippen MR) is 99.9 cm³/mol. The lowest BCUT2D eigenvalue weighted by molar-refractivity contribution is 0.596. The van der Waals surface area contributed by atoms with Crippen molar-refractivity contribution < 1.29 is 0 Å². The van der Waals surface area contributed by atoms with Gasteiger partial charge in [0.1, 0.15) is 6.07 Å². The Bertz CT molecular complexity index is 1140. The van der Waals surface area contributed by atoms with E-state index in [2.05, 4.69) is 5.10 Å². The van der Waals surface area contributed by atoms with Gasteiger partial charge in [0.2, 0.25) is 5.69 Å². The zero-order valence-corrected chi connectivity index (χ0v) is 15.1. The van der Waals surface area contributed by atoms with Crippen molar-refractivity contribution in [3.8, 4) is 22.9 Å². The molecule has 0 aliphatic heterocycles. The van der Waals surface area contributed by atoms with Crippen molar-refractivity contribution in [1.29, 1.82) is 5.26 Å². The number of nitrogens with zero attached hydrogens (tertiary/aromatic N) is 4. The topological polar surface area (TPSA) is 80.7 Å². The van der Waals surface area contributed by atoms with Crippen molar-refractivity contribution in [2.75, 3.05) is 0 Å². The number of hydrogen-bond acceptors (Lipinski definition) is 4. The lowest BCUT2D eigenvalue weighted by Crippen LogP contribution is -2.41. The molecule has 3 aromatic rings. The fraction of sp³-hybridized carbons (Fsp3) is 0.111. The second-order valence-electron chi connectivity index (χ2n) is 5.38. The Labute approximate surface area is 158 Å². The molecule has 8 heteroatoms. The number of aromatic nitrogens is 3. The molecule has 0 unspecified atom stereocenters. The Morgan fingerprint density at radius 3 is 2.38 bits per heavy atom. The van der Waals surface area contributed by atoms with Gasteiger partial charge in [-0.15, -0.1) is 5.10 Å². The summed E-state index contributed by atoms with van der Waals surface area (Å²) in [6, 6.07) is 13.8. The minimum Gasteiger partial charge on any atom is -0.266 e. The Kier molecular flexibility index (Phi) is 4.94. The predicted octanol–water partition coefficient (Wildman–Crippen LogP) is 3.26. The van der Waals surface area contributed by atoms with E-state index in [1.54, 1.807) is 55.5 Å². The summed E-state index contributed by atoms with van der Waals surface area (Å²) in [6.07, 6.45) is 0. The monoisotopic (exact) mass is 386 g/mol. The molecular weight excluding hydrogens is 375 g/mol. The van der Waals surface area contributed by atoms with Crippen LogP contribution in [0, 0.1) is 11.3 Å². The van der Waals surface area contributed by atoms with Crippen LogP contribution in [-0.4, -0.2) is 14.3 Å². The SMILES string of the molecule is CCn1c(=O)c(C#N)nn(-c2ccc(-c3ccc(Cl)cc3Cl)cc2)c1=O. The molecule has 26 heavy (non-hydrogen) atoms. The lowest BCUT2D eigenvalue weighted by atomic mass is 10.1. The molecule has 0 bridgehead atoms. The summed E-state index contributed by atoms with van der Waals surface area (Å²) in [5.41, 5.74) is 0.417. The molecule has 0 spiro atoms. The van der Waals surface area contributed by atoms with E-state index in [0.29, 0.717) is 15.7 Å². The van der Waals surface area contributed by atoms with Gasteiger partial charge in [0, 0.05) is 22.2 Å². The summed E-state index contributed by atoms with van der Waals surface area (Å²) in [4.78, 5) is 24.4. The highest BCUT2D eigenvalue weighted by atomic mass is 35.5. The molecule has 1 heterocycles. The Hall–Kier alpha value is -2.88. The second-order valence-corrected chi connectivity index (χ2v) is 6.22. The number of hydrogen-bond donors (Lipinski definition) is 0. The van der Waals surface area contributed by atoms with Gasteiger partial charge in [-0.1, -0.05) is 41.4 Å². The van der Waals surface area contributed by atoms with Crippen LogP contribution in [0.4, 0.5) is 0 Å². The van der Waals surface area contributed by atoms with Gasteiger partial charge in [0.25, 0.3) is 5.56 Å². The van der Waals surface area contributed by atoms with Gasteiger partial charge >= 0.3 is 5.69 Å². The highest BCUT2D eigenvalue weighted by Gasteiger charge is 2.13. The molecule has 0 radical (unpaired) electrons. The van der Waals surface area contributed by atoms with Crippen molar-refractivity contribution in [2.24, 2.45) is 0 Å². The third-order valence-corrected chi connectivity index (χ3v) is 4.38. The molecule has 0 atom stereocenters. The smallest absolute Gasteiger partial charge is 0.266 e. The highest BCUT2D eigenvalue weighted by molar-refractivity contribution is 6.36. The van der Waals surface area contributed by atoms with Gasteiger partial charge in [-0.2, -0.15) is 9.94 Å². The Morgan fingerprint density at radius 2 is 1.81 bits per heavy atom. The van der Waals surface area contributed by atoms with Crippen LogP contribution in [0.15, 0.2) is 52.1 Å². The summed E-state index contributed by atoms with van der Waals surface area (Å²) in [6.45, 7) is 1.80. The first-order valence-electron chi connectivity index (χ1n) is 7.66. The van der Waals surface area contributed by atoms with Crippen LogP contribution in [0.5, 0.6) is 0 Å². The van der Waals surface area contributed by atoms with Gasteiger partial charge in [0.15, 0.2) is 0 Å². The van der Waals surface area contributed by atoms with Crippen molar-refractivity contribution in [2.45, 2.75) is 13.5 Å². The van der Waals surface area contributed by atoms with Crippen molar-refractivity contribution in [3.63, 3.8) is 0 Å². The summed E-state index contributed by atoms with van der Waals surface area (Å²) in [5, 5.41) is 14.0. The maximum atomic E-state index is 12.5. The van der Waals surface area contributed by atoms with E-state index >= 15 is 0 Å². The first-order valence-corrected chi connectivity index (χ1v) is 8.42. The largest absolute Gasteiger partial charge is 0.352 e. The summed E-state index contributed by atoms with van der Waals surface area (Å²) < 4.78 is 2.01. The quantitative estimate of drug-likeness (QED) is 0.691. The third kappa shape index (κ3) is 3.15. The van der Waals surface area contributed by atoms with E-state index in [0.717, 1.165) is 20.4 Å². The molecule has 6 nitrogen and oxygen atoms in total. The molecule has 0 aliphatic carbocycles. The average molecular weight is 387 g/mol. The Morgan fingerprint density at radius 1 is 1.12 bits per heavy atom. The van der Waals surface area contributed by atoms with Gasteiger partial charge < -0.3 is 0 Å². The number of nitriles is 1. The van der Waals surface area contributed by atoms with Crippen LogP contribution in [-0.2, 0) is 6.54 Å². The zero-order chi connectivity index (χ0) is 18.8. The maximum Gasteiger partial charge on any atom is 0.352 e. The van der Waals surface area contributed by atoms with E-state index < -0.39 is 11.2 Å². The number of halogens is 2. The summed E-state index contributed by atoms with van der Waals surface area (Å²) >= 11 is 12.1. The fourth-order valence-corrected chi connectivity index (χ4v) is 3.06. The van der Waals surface area contributed by atoms with Gasteiger partial charge in [-0.05, 0) is 36.8 Å². The molecule has 0 aliphatic rings. The minimum absolute atomic E-state index is 0.146. The van der Waals surface area contributed by atoms with Crippen molar-refractivity contribution >= 4 is 23.2 Å². The fourth-order valence-electron chi connectivity index (χ4n) is 2.54. The zero-order valence-electron chi connectivity index (χ0n) is 13.6. The summed E-state index contributed by atoms with van der Waals surface area (Å²) in [7, 11) is 0. The van der Waals surface area contributed by atoms with Crippen molar-refractivity contribution in [3.05, 3.63) is 79.0 Å². The molecule has 2 aromatic carbocycles. The molecule has 0 N–H and O–H groups in total. The normalized spacial score (nSPS) is 10.5. The lowest BCUT2D eigenvalue weighted by Gasteiger charge is -2.10. The number of benzene rings is 2. The molecule has 3 rings (SSSR count). The second kappa shape index (κ2) is 7.16. The Balaban J connectivity index is 2.11. The molecule has 0 fully saturated rings. The van der Waals surface area contributed by atoms with Crippen LogP contribution in [0.1, 0.15) is 12.6 Å². The van der Waals surface area contributed by atoms with E-state index in [1.807, 2.05) is 0 Å². The first kappa shape index (κ1) is 17.9. The van der Waals surface area contributed by atoms with E-state index in [1.165, 1.54) is 0 Å². The molecular formula is C18H12Cl2N4O2. The van der Waals surface area contributed by atoms with Gasteiger partial charge in [0.05, 0.1) is 5.69 Å². The van der Waals surface area contributed by atoms with Crippen LogP contribution < -0.4 is 11.2 Å². The average Bonchev–Trinajstić information content (AvgIpc) is 2.63. The highest BCUT2D eigenvalue weighted by Crippen LogP contribution is 2.30. The van der Waals surface area contributed by atoms with Crippen LogP contribution in [0.2, 0.25) is 10.0 Å². The van der Waals surface area contributed by atoms with E-state index in [4.69, 9.17) is 28.5 Å². The number of rotatable bonds is 3. The van der Waals surface area contributed by atoms with Crippen LogP contribution >= 0.6 is 23.2 Å². The minimum atomic E-state index is -0.694. The molecule has 1 aromatic heterocycles. The standard InChI is InChI=1S/C18H12Cl2N4O2/c1-2-23-17(25)16(10-21)22-24(18(23)26)13-6-3-11(4-7-13)14-8-5-12(19)9-15(14)20/h3-9H,2H2,1H3. The molecule has 0 saturated carbocycles. The molecule has 0 amide bonds.